The van der Waals surface area contributed by atoms with Crippen molar-refractivity contribution in [2.24, 2.45) is 5.92 Å². The van der Waals surface area contributed by atoms with Crippen LogP contribution in [0.4, 0.5) is 35.1 Å². The summed E-state index contributed by atoms with van der Waals surface area (Å²) in [5, 5.41) is 0. The van der Waals surface area contributed by atoms with E-state index in [0.717, 1.165) is 24.3 Å². The third-order valence-corrected chi connectivity index (χ3v) is 1.99. The van der Waals surface area contributed by atoms with Crippen LogP contribution in [0, 0.1) is 5.92 Å². The molecule has 0 heterocycles. The number of hydrogen-bond donors (Lipinski definition) is 0. The molecule has 0 bridgehead atoms. The van der Waals surface area contributed by atoms with Crippen LogP contribution in [0.15, 0.2) is 30.3 Å². The van der Waals surface area contributed by atoms with Crippen LogP contribution in [0.5, 0.6) is 5.75 Å². The average Bonchev–Trinajstić information content (AvgIpc) is 2.11. The topological polar surface area (TPSA) is 9.23 Å². The molecular formula is C10H6F8O. The van der Waals surface area contributed by atoms with Gasteiger partial charge in [-0.3, -0.25) is 0 Å². The van der Waals surface area contributed by atoms with Gasteiger partial charge >= 0.3 is 18.5 Å². The molecule has 1 nitrogen and oxygen atoms in total. The van der Waals surface area contributed by atoms with Crippen LogP contribution in [0.3, 0.4) is 0 Å². The molecule has 0 aliphatic rings. The van der Waals surface area contributed by atoms with Gasteiger partial charge in [-0.05, 0) is 12.1 Å². The number of alkyl halides is 8. The van der Waals surface area contributed by atoms with Crippen molar-refractivity contribution in [3.05, 3.63) is 30.3 Å². The second-order valence-electron chi connectivity index (χ2n) is 3.49. The number of ether oxygens (including phenoxy) is 1. The van der Waals surface area contributed by atoms with E-state index >= 15 is 0 Å². The predicted octanol–water partition coefficient (Wildman–Crippen LogP) is 4.40. The third kappa shape index (κ3) is 3.97. The first-order valence-corrected chi connectivity index (χ1v) is 4.70. The van der Waals surface area contributed by atoms with Gasteiger partial charge < -0.3 is 4.74 Å². The number of hydrogen-bond acceptors (Lipinski definition) is 1. The van der Waals surface area contributed by atoms with Crippen LogP contribution < -0.4 is 4.74 Å². The quantitative estimate of drug-likeness (QED) is 0.751. The zero-order valence-electron chi connectivity index (χ0n) is 8.90. The molecule has 1 rings (SSSR count). The Hall–Kier alpha value is -1.54. The summed E-state index contributed by atoms with van der Waals surface area (Å²) in [7, 11) is 0. The molecule has 0 saturated heterocycles. The van der Waals surface area contributed by atoms with Crippen molar-refractivity contribution in [3.63, 3.8) is 0 Å². The van der Waals surface area contributed by atoms with Crippen LogP contribution in [-0.2, 0) is 0 Å². The Labute approximate surface area is 101 Å². The molecule has 0 atom stereocenters. The highest BCUT2D eigenvalue weighted by Crippen LogP contribution is 2.48. The molecule has 0 fully saturated rings. The van der Waals surface area contributed by atoms with Gasteiger partial charge in [-0.15, -0.1) is 0 Å². The summed E-state index contributed by atoms with van der Waals surface area (Å²) in [6.45, 7) is 0. The van der Waals surface area contributed by atoms with Crippen molar-refractivity contribution in [2.45, 2.75) is 18.5 Å². The van der Waals surface area contributed by atoms with Gasteiger partial charge in [0.1, 0.15) is 5.75 Å². The van der Waals surface area contributed by atoms with E-state index in [0.29, 0.717) is 0 Å². The molecule has 19 heavy (non-hydrogen) atoms. The van der Waals surface area contributed by atoms with Gasteiger partial charge in [-0.1, -0.05) is 18.2 Å². The monoisotopic (exact) mass is 294 g/mol. The van der Waals surface area contributed by atoms with Crippen LogP contribution in [0.25, 0.3) is 0 Å². The highest BCUT2D eigenvalue weighted by molar-refractivity contribution is 5.21. The molecule has 0 spiro atoms. The van der Waals surface area contributed by atoms with E-state index in [1.165, 1.54) is 6.07 Å². The third-order valence-electron chi connectivity index (χ3n) is 1.99. The molecule has 0 unspecified atom stereocenters. The number of benzene rings is 1. The van der Waals surface area contributed by atoms with E-state index in [-0.39, 0.29) is 0 Å². The molecule has 0 saturated carbocycles. The molecule has 0 aliphatic carbocycles. The lowest BCUT2D eigenvalue weighted by Crippen LogP contribution is -2.51. The van der Waals surface area contributed by atoms with Crippen molar-refractivity contribution < 1.29 is 39.9 Å². The number of halogens is 8. The normalized spacial score (nSPS) is 13.7. The van der Waals surface area contributed by atoms with Gasteiger partial charge in [0.25, 0.3) is 5.92 Å². The Morgan fingerprint density at radius 2 is 1.16 bits per heavy atom. The molecule has 0 N–H and O–H groups in total. The van der Waals surface area contributed by atoms with Gasteiger partial charge in [-0.2, -0.15) is 35.1 Å². The molecule has 108 valence electrons. The highest BCUT2D eigenvalue weighted by Gasteiger charge is 2.70. The summed E-state index contributed by atoms with van der Waals surface area (Å²) < 4.78 is 103. The Bertz CT molecular complexity index is 394. The fourth-order valence-electron chi connectivity index (χ4n) is 1.27. The van der Waals surface area contributed by atoms with Crippen molar-refractivity contribution in [3.8, 4) is 5.75 Å². The first kappa shape index (κ1) is 15.5. The maximum absolute atomic E-state index is 13.1. The standard InChI is InChI=1S/C10H6F8O/c11-8(12,13)7(9(14,15)16)10(17,18)19-6-4-2-1-3-5-6/h1-5,7H. The van der Waals surface area contributed by atoms with E-state index in [4.69, 9.17) is 0 Å². The van der Waals surface area contributed by atoms with Crippen LogP contribution in [-0.4, -0.2) is 18.5 Å². The summed E-state index contributed by atoms with van der Waals surface area (Å²) in [4.78, 5) is 0. The molecule has 0 aliphatic heterocycles. The smallest absolute Gasteiger partial charge is 0.418 e. The predicted molar refractivity (Wildman–Crippen MR) is 47.6 cm³/mol. The van der Waals surface area contributed by atoms with Crippen molar-refractivity contribution in [1.29, 1.82) is 0 Å². The first-order valence-electron chi connectivity index (χ1n) is 4.70. The van der Waals surface area contributed by atoms with E-state index in [9.17, 15) is 35.1 Å². The molecule has 0 aromatic heterocycles. The van der Waals surface area contributed by atoms with E-state index in [2.05, 4.69) is 4.74 Å². The lowest BCUT2D eigenvalue weighted by Gasteiger charge is -2.29. The highest BCUT2D eigenvalue weighted by atomic mass is 19.4. The van der Waals surface area contributed by atoms with Crippen molar-refractivity contribution in [1.82, 2.24) is 0 Å². The minimum Gasteiger partial charge on any atom is -0.432 e. The molecule has 0 amide bonds. The van der Waals surface area contributed by atoms with Gasteiger partial charge in [0, 0.05) is 0 Å². The van der Waals surface area contributed by atoms with Crippen LogP contribution in [0.1, 0.15) is 0 Å². The minimum atomic E-state index is -6.18. The molecule has 9 heteroatoms. The van der Waals surface area contributed by atoms with E-state index < -0.39 is 30.1 Å². The second-order valence-corrected chi connectivity index (χ2v) is 3.49. The maximum atomic E-state index is 13.1. The van der Waals surface area contributed by atoms with E-state index in [1.54, 1.807) is 0 Å². The molecule has 1 aromatic carbocycles. The fourth-order valence-corrected chi connectivity index (χ4v) is 1.27. The number of rotatable bonds is 3. The van der Waals surface area contributed by atoms with Crippen molar-refractivity contribution in [2.75, 3.05) is 0 Å². The summed E-state index contributed by atoms with van der Waals surface area (Å²) in [6.07, 6.45) is -17.8. The van der Waals surface area contributed by atoms with Gasteiger partial charge in [-0.25, -0.2) is 0 Å². The number of para-hydroxylation sites is 1. The Morgan fingerprint density at radius 3 is 1.53 bits per heavy atom. The first-order chi connectivity index (χ1) is 8.44. The van der Waals surface area contributed by atoms with E-state index in [1.807, 2.05) is 0 Å². The molecular weight excluding hydrogens is 288 g/mol. The van der Waals surface area contributed by atoms with Crippen LogP contribution >= 0.6 is 0 Å². The lowest BCUT2D eigenvalue weighted by atomic mass is 10.1. The Kier molecular flexibility index (Phi) is 3.97. The zero-order valence-corrected chi connectivity index (χ0v) is 8.90. The molecule has 0 radical (unpaired) electrons. The zero-order chi connectivity index (χ0) is 14.9. The summed E-state index contributed by atoms with van der Waals surface area (Å²) in [6, 6.07) is 5.22. The van der Waals surface area contributed by atoms with Crippen LogP contribution in [0.2, 0.25) is 0 Å². The summed E-state index contributed by atoms with van der Waals surface area (Å²) in [5.74, 6) is -5.70. The maximum Gasteiger partial charge on any atom is 0.418 e. The lowest BCUT2D eigenvalue weighted by molar-refractivity contribution is -0.379. The fraction of sp³-hybridized carbons (Fsp3) is 0.400. The van der Waals surface area contributed by atoms with Crippen molar-refractivity contribution >= 4 is 0 Å². The Balaban J connectivity index is 3.07. The van der Waals surface area contributed by atoms with Gasteiger partial charge in [0.15, 0.2) is 0 Å². The average molecular weight is 294 g/mol. The summed E-state index contributed by atoms with van der Waals surface area (Å²) >= 11 is 0. The minimum absolute atomic E-state index is 0.800. The SMILES string of the molecule is FC(F)(F)C(C(F)(F)F)C(F)(F)Oc1ccccc1. The largest absolute Gasteiger partial charge is 0.432 e. The molecule has 1 aromatic rings. The second kappa shape index (κ2) is 4.86. The summed E-state index contributed by atoms with van der Waals surface area (Å²) in [5.41, 5.74) is 0. The van der Waals surface area contributed by atoms with Gasteiger partial charge in [0.05, 0.1) is 0 Å². The van der Waals surface area contributed by atoms with Gasteiger partial charge in [0.2, 0.25) is 0 Å². The Morgan fingerprint density at radius 1 is 0.737 bits per heavy atom.